The van der Waals surface area contributed by atoms with Gasteiger partial charge in [-0.1, -0.05) is 73.6 Å². The van der Waals surface area contributed by atoms with E-state index < -0.39 is 0 Å². The summed E-state index contributed by atoms with van der Waals surface area (Å²) < 4.78 is 0. The zero-order valence-electron chi connectivity index (χ0n) is 17.4. The molecule has 0 amide bonds. The number of phenolic OH excluding ortho intramolecular Hbond substituents is 1. The van der Waals surface area contributed by atoms with Gasteiger partial charge in [-0.3, -0.25) is 0 Å². The number of hydrogen-bond acceptors (Lipinski definition) is 4. The third kappa shape index (κ3) is 5.32. The number of benzene rings is 2. The minimum absolute atomic E-state index is 0.0518. The highest BCUT2D eigenvalue weighted by atomic mass is 16.3. The predicted octanol–water partition coefficient (Wildman–Crippen LogP) is 7.01. The van der Waals surface area contributed by atoms with Gasteiger partial charge in [0.2, 0.25) is 0 Å². The maximum Gasteiger partial charge on any atom is 0.146 e. The molecular weight excluding hydrogens is 322 g/mol. The Morgan fingerprint density at radius 3 is 1.85 bits per heavy atom. The summed E-state index contributed by atoms with van der Waals surface area (Å²) >= 11 is 0. The number of aromatic hydroxyl groups is 1. The molecule has 0 fully saturated rings. The lowest BCUT2D eigenvalue weighted by atomic mass is 9.80. The van der Waals surface area contributed by atoms with Gasteiger partial charge in [0, 0.05) is 5.56 Å². The van der Waals surface area contributed by atoms with E-state index in [-0.39, 0.29) is 16.6 Å². The second-order valence-electron chi connectivity index (χ2n) is 8.15. The smallest absolute Gasteiger partial charge is 0.146 e. The Labute approximate surface area is 158 Å². The summed E-state index contributed by atoms with van der Waals surface area (Å²) in [6.07, 6.45) is 0. The van der Waals surface area contributed by atoms with Crippen LogP contribution in [0.3, 0.4) is 0 Å². The van der Waals surface area contributed by atoms with Gasteiger partial charge in [0.05, 0.1) is 5.69 Å². The first-order valence-corrected chi connectivity index (χ1v) is 9.14. The summed E-state index contributed by atoms with van der Waals surface area (Å²) in [4.78, 5) is 0. The van der Waals surface area contributed by atoms with Crippen LogP contribution in [0.1, 0.15) is 66.5 Å². The Hall–Kier alpha value is -2.36. The third-order valence-corrected chi connectivity index (χ3v) is 3.97. The lowest BCUT2D eigenvalue weighted by Gasteiger charge is -2.26. The second-order valence-corrected chi connectivity index (χ2v) is 8.15. The molecule has 4 heteroatoms. The maximum atomic E-state index is 10.7. The van der Waals surface area contributed by atoms with Gasteiger partial charge in [-0.25, -0.2) is 0 Å². The molecule has 2 aromatic rings. The molecule has 0 aliphatic carbocycles. The molecule has 0 saturated heterocycles. The molecule has 4 nitrogen and oxygen atoms in total. The number of anilines is 1. The summed E-state index contributed by atoms with van der Waals surface area (Å²) in [6, 6.07) is 11.2. The van der Waals surface area contributed by atoms with E-state index in [0.29, 0.717) is 17.1 Å². The molecule has 0 atom stereocenters. The summed E-state index contributed by atoms with van der Waals surface area (Å²) in [5.41, 5.74) is 9.26. The number of para-hydroxylation sites is 1. The average Bonchev–Trinajstić information content (AvgIpc) is 2.55. The van der Waals surface area contributed by atoms with Gasteiger partial charge in [-0.05, 0) is 34.6 Å². The van der Waals surface area contributed by atoms with Gasteiger partial charge < -0.3 is 10.8 Å². The molecule has 0 radical (unpaired) electrons. The first-order chi connectivity index (χ1) is 12.0. The Bertz CT molecular complexity index is 766. The molecule has 0 unspecified atom stereocenters. The van der Waals surface area contributed by atoms with E-state index in [2.05, 4.69) is 57.8 Å². The molecule has 3 N–H and O–H groups in total. The highest BCUT2D eigenvalue weighted by molar-refractivity contribution is 5.63. The van der Waals surface area contributed by atoms with E-state index in [0.717, 1.165) is 11.1 Å². The van der Waals surface area contributed by atoms with Crippen LogP contribution in [0.25, 0.3) is 0 Å². The van der Waals surface area contributed by atoms with Gasteiger partial charge in [0.25, 0.3) is 0 Å². The molecule has 0 aliphatic rings. The first-order valence-electron chi connectivity index (χ1n) is 9.14. The fourth-order valence-electron chi connectivity index (χ4n) is 2.39. The minimum atomic E-state index is -0.193. The molecule has 0 aliphatic heterocycles. The standard InChI is InChI=1S/C20H27N3O.C2H6/c1-19(2,3)13-11-14(20(4,5)6)18(24)17(12-13)23-22-16-10-8-7-9-15(16)21;1-2/h7-12,24H,21H2,1-6H3;1-2H3. The van der Waals surface area contributed by atoms with Crippen molar-refractivity contribution in [3.63, 3.8) is 0 Å². The van der Waals surface area contributed by atoms with E-state index in [1.807, 2.05) is 32.0 Å². The van der Waals surface area contributed by atoms with E-state index in [4.69, 9.17) is 5.73 Å². The maximum absolute atomic E-state index is 10.7. The fraction of sp³-hybridized carbons (Fsp3) is 0.455. The molecule has 142 valence electrons. The van der Waals surface area contributed by atoms with Crippen LogP contribution in [-0.4, -0.2) is 5.11 Å². The number of rotatable bonds is 2. The first kappa shape index (κ1) is 21.7. The number of phenols is 1. The number of hydrogen-bond donors (Lipinski definition) is 2. The van der Waals surface area contributed by atoms with E-state index in [9.17, 15) is 5.11 Å². The molecule has 26 heavy (non-hydrogen) atoms. The molecule has 0 bridgehead atoms. The van der Waals surface area contributed by atoms with Crippen molar-refractivity contribution in [3.8, 4) is 5.75 Å². The number of nitrogen functional groups attached to an aromatic ring is 1. The van der Waals surface area contributed by atoms with Crippen LogP contribution >= 0.6 is 0 Å². The summed E-state index contributed by atoms with van der Waals surface area (Å²) in [6.45, 7) is 16.6. The van der Waals surface area contributed by atoms with Crippen LogP contribution in [0.4, 0.5) is 17.1 Å². The van der Waals surface area contributed by atoms with Crippen molar-refractivity contribution >= 4 is 17.1 Å². The van der Waals surface area contributed by atoms with Crippen molar-refractivity contribution in [3.05, 3.63) is 47.5 Å². The Balaban J connectivity index is 0.00000163. The molecular formula is C22H33N3O. The largest absolute Gasteiger partial charge is 0.505 e. The highest BCUT2D eigenvalue weighted by Crippen LogP contribution is 2.42. The third-order valence-electron chi connectivity index (χ3n) is 3.97. The van der Waals surface area contributed by atoms with E-state index >= 15 is 0 Å². The number of nitrogens with two attached hydrogens (primary N) is 1. The second kappa shape index (κ2) is 8.35. The summed E-state index contributed by atoms with van der Waals surface area (Å²) in [5.74, 6) is 0.175. The lowest BCUT2D eigenvalue weighted by Crippen LogP contribution is -2.16. The zero-order chi connectivity index (χ0) is 20.1. The van der Waals surface area contributed by atoms with Crippen LogP contribution in [0.2, 0.25) is 0 Å². The van der Waals surface area contributed by atoms with Crippen molar-refractivity contribution in [1.29, 1.82) is 0 Å². The van der Waals surface area contributed by atoms with Crippen LogP contribution in [0.15, 0.2) is 46.6 Å². The average molecular weight is 356 g/mol. The van der Waals surface area contributed by atoms with E-state index in [1.54, 1.807) is 12.1 Å². The zero-order valence-corrected chi connectivity index (χ0v) is 17.4. The van der Waals surface area contributed by atoms with Crippen LogP contribution in [0, 0.1) is 0 Å². The number of nitrogens with zero attached hydrogens (tertiary/aromatic N) is 2. The van der Waals surface area contributed by atoms with E-state index in [1.165, 1.54) is 0 Å². The monoisotopic (exact) mass is 355 g/mol. The van der Waals surface area contributed by atoms with Crippen molar-refractivity contribution < 1.29 is 5.11 Å². The Morgan fingerprint density at radius 1 is 0.808 bits per heavy atom. The molecule has 2 rings (SSSR count). The van der Waals surface area contributed by atoms with Gasteiger partial charge in [-0.15, -0.1) is 10.2 Å². The minimum Gasteiger partial charge on any atom is -0.505 e. The topological polar surface area (TPSA) is 71.0 Å². The van der Waals surface area contributed by atoms with Crippen molar-refractivity contribution in [2.24, 2.45) is 10.2 Å². The Morgan fingerprint density at radius 2 is 1.35 bits per heavy atom. The van der Waals surface area contributed by atoms with Crippen molar-refractivity contribution in [2.45, 2.75) is 66.2 Å². The molecule has 0 saturated carbocycles. The van der Waals surface area contributed by atoms with Crippen molar-refractivity contribution in [1.82, 2.24) is 0 Å². The normalized spacial score (nSPS) is 12.0. The van der Waals surface area contributed by atoms with Crippen molar-refractivity contribution in [2.75, 3.05) is 5.73 Å². The number of azo groups is 1. The van der Waals surface area contributed by atoms with Crippen LogP contribution in [-0.2, 0) is 10.8 Å². The summed E-state index contributed by atoms with van der Waals surface area (Å²) in [5, 5.41) is 19.2. The van der Waals surface area contributed by atoms with Gasteiger partial charge in [-0.2, -0.15) is 0 Å². The SMILES string of the molecule is CC.CC(C)(C)c1cc(N=Nc2ccccc2N)c(O)c(C(C)(C)C)c1. The molecule has 2 aromatic carbocycles. The quantitative estimate of drug-likeness (QED) is 0.449. The molecule has 0 spiro atoms. The fourth-order valence-corrected chi connectivity index (χ4v) is 2.39. The Kier molecular flexibility index (Phi) is 6.96. The van der Waals surface area contributed by atoms with Gasteiger partial charge >= 0.3 is 0 Å². The summed E-state index contributed by atoms with van der Waals surface area (Å²) in [7, 11) is 0. The van der Waals surface area contributed by atoms with Crippen LogP contribution < -0.4 is 5.73 Å². The molecule has 0 aromatic heterocycles. The highest BCUT2D eigenvalue weighted by Gasteiger charge is 2.25. The van der Waals surface area contributed by atoms with Gasteiger partial charge in [0.1, 0.15) is 17.1 Å². The molecule has 0 heterocycles. The lowest BCUT2D eigenvalue weighted by molar-refractivity contribution is 0.446. The predicted molar refractivity (Wildman–Crippen MR) is 112 cm³/mol. The van der Waals surface area contributed by atoms with Gasteiger partial charge in [0.15, 0.2) is 0 Å². The van der Waals surface area contributed by atoms with Crippen LogP contribution in [0.5, 0.6) is 5.75 Å².